The second-order valence-electron chi connectivity index (χ2n) is 9.93. The summed E-state index contributed by atoms with van der Waals surface area (Å²) >= 11 is 13.0. The van der Waals surface area contributed by atoms with E-state index in [-0.39, 0.29) is 24.8 Å². The number of hydrogen-bond donors (Lipinski definition) is 1. The van der Waals surface area contributed by atoms with E-state index < -0.39 is 11.6 Å². The first-order chi connectivity index (χ1) is 17.6. The van der Waals surface area contributed by atoms with Crippen molar-refractivity contribution >= 4 is 35.0 Å². The van der Waals surface area contributed by atoms with Crippen molar-refractivity contribution in [2.75, 3.05) is 6.61 Å². The van der Waals surface area contributed by atoms with E-state index in [0.29, 0.717) is 35.1 Å². The Bertz CT molecular complexity index is 1140. The van der Waals surface area contributed by atoms with Gasteiger partial charge in [-0.15, -0.1) is 0 Å². The molecule has 0 radical (unpaired) electrons. The predicted molar refractivity (Wildman–Crippen MR) is 150 cm³/mol. The maximum atomic E-state index is 13.7. The van der Waals surface area contributed by atoms with Crippen LogP contribution in [0.5, 0.6) is 5.75 Å². The maximum absolute atomic E-state index is 13.7. The number of hydrogen-bond acceptors (Lipinski definition) is 3. The zero-order valence-corrected chi connectivity index (χ0v) is 23.1. The summed E-state index contributed by atoms with van der Waals surface area (Å²) in [4.78, 5) is 28.9. The number of para-hydroxylation sites is 1. The Morgan fingerprint density at radius 3 is 2.08 bits per heavy atom. The zero-order chi connectivity index (χ0) is 26.8. The van der Waals surface area contributed by atoms with Gasteiger partial charge < -0.3 is 15.0 Å². The van der Waals surface area contributed by atoms with Gasteiger partial charge in [-0.1, -0.05) is 77.8 Å². The first kappa shape index (κ1) is 28.5. The Hall–Kier alpha value is -3.02. The van der Waals surface area contributed by atoms with Crippen LogP contribution in [-0.4, -0.2) is 34.9 Å². The average molecular weight is 542 g/mol. The van der Waals surface area contributed by atoms with Crippen molar-refractivity contribution < 1.29 is 14.3 Å². The molecule has 7 heteroatoms. The van der Waals surface area contributed by atoms with Crippen molar-refractivity contribution in [2.45, 2.75) is 58.2 Å². The van der Waals surface area contributed by atoms with Gasteiger partial charge in [0.25, 0.3) is 0 Å². The van der Waals surface area contributed by atoms with Crippen LogP contribution in [-0.2, 0) is 22.6 Å². The molecule has 1 N–H and O–H groups in total. The molecule has 196 valence electrons. The number of carbonyl (C=O) groups excluding carboxylic acids is 2. The summed E-state index contributed by atoms with van der Waals surface area (Å²) < 4.78 is 5.77. The van der Waals surface area contributed by atoms with Crippen LogP contribution in [0.2, 0.25) is 10.0 Å². The largest absolute Gasteiger partial charge is 0.494 e. The molecule has 0 aliphatic heterocycles. The molecule has 0 aliphatic carbocycles. The van der Waals surface area contributed by atoms with E-state index in [1.807, 2.05) is 81.4 Å². The lowest BCUT2D eigenvalue weighted by molar-refractivity contribution is -0.142. The Labute approximate surface area is 229 Å². The number of amides is 2. The molecule has 0 fully saturated rings. The molecule has 0 unspecified atom stereocenters. The third-order valence-corrected chi connectivity index (χ3v) is 6.41. The molecular weight excluding hydrogens is 507 g/mol. The lowest BCUT2D eigenvalue weighted by atomic mass is 10.00. The van der Waals surface area contributed by atoms with Crippen LogP contribution in [0.3, 0.4) is 0 Å². The minimum absolute atomic E-state index is 0.117. The topological polar surface area (TPSA) is 58.6 Å². The van der Waals surface area contributed by atoms with Crippen LogP contribution < -0.4 is 10.1 Å². The molecule has 2 amide bonds. The third-order valence-electron chi connectivity index (χ3n) is 5.71. The molecule has 3 aromatic carbocycles. The minimum atomic E-state index is -0.753. The highest BCUT2D eigenvalue weighted by atomic mass is 35.5. The SMILES string of the molecule is CC(C)(C)NC(=O)[C@@H](Cc1ccccc1)N(Cc1c(Cl)cccc1Cl)C(=O)CCCOc1ccccc1. The number of rotatable bonds is 11. The smallest absolute Gasteiger partial charge is 0.243 e. The summed E-state index contributed by atoms with van der Waals surface area (Å²) in [6, 6.07) is 23.6. The molecule has 1 atom stereocenters. The van der Waals surface area contributed by atoms with Crippen molar-refractivity contribution in [3.05, 3.63) is 100 Å². The van der Waals surface area contributed by atoms with Crippen molar-refractivity contribution in [2.24, 2.45) is 0 Å². The molecule has 0 bridgehead atoms. The van der Waals surface area contributed by atoms with E-state index in [0.717, 1.165) is 11.3 Å². The first-order valence-electron chi connectivity index (χ1n) is 12.4. The molecule has 0 spiro atoms. The van der Waals surface area contributed by atoms with Gasteiger partial charge >= 0.3 is 0 Å². The highest BCUT2D eigenvalue weighted by Crippen LogP contribution is 2.28. The minimum Gasteiger partial charge on any atom is -0.494 e. The molecule has 3 rings (SSSR count). The van der Waals surface area contributed by atoms with Crippen LogP contribution in [0.25, 0.3) is 0 Å². The van der Waals surface area contributed by atoms with E-state index in [4.69, 9.17) is 27.9 Å². The monoisotopic (exact) mass is 540 g/mol. The second kappa shape index (κ2) is 13.5. The Morgan fingerprint density at radius 1 is 0.892 bits per heavy atom. The number of nitrogens with zero attached hydrogens (tertiary/aromatic N) is 1. The third kappa shape index (κ3) is 9.10. The fraction of sp³-hybridized carbons (Fsp3) is 0.333. The summed E-state index contributed by atoms with van der Waals surface area (Å²) in [5, 5.41) is 3.96. The lowest BCUT2D eigenvalue weighted by Gasteiger charge is -2.34. The standard InChI is InChI=1S/C30H34Cl2N2O3/c1-30(2,3)33-29(36)27(20-22-12-6-4-7-13-22)34(21-24-25(31)16-10-17-26(24)32)28(35)18-11-19-37-23-14-8-5-9-15-23/h4-10,12-17,27H,11,18-21H2,1-3H3,(H,33,36)/t27-/m1/s1. The molecule has 0 saturated heterocycles. The van der Waals surface area contributed by atoms with Gasteiger partial charge in [-0.2, -0.15) is 0 Å². The van der Waals surface area contributed by atoms with E-state index in [1.165, 1.54) is 0 Å². The molecule has 0 aliphatic rings. The van der Waals surface area contributed by atoms with Crippen LogP contribution in [0.15, 0.2) is 78.9 Å². The molecular formula is C30H34Cl2N2O3. The number of halogens is 2. The first-order valence-corrected chi connectivity index (χ1v) is 13.2. The molecule has 0 heterocycles. The van der Waals surface area contributed by atoms with Crippen molar-refractivity contribution in [1.82, 2.24) is 10.2 Å². The van der Waals surface area contributed by atoms with Crippen molar-refractivity contribution in [1.29, 1.82) is 0 Å². The molecule has 37 heavy (non-hydrogen) atoms. The summed E-state index contributed by atoms with van der Waals surface area (Å²) in [5.41, 5.74) is 1.10. The van der Waals surface area contributed by atoms with Gasteiger partial charge in [0.05, 0.1) is 6.61 Å². The Balaban J connectivity index is 1.87. The van der Waals surface area contributed by atoms with Crippen LogP contribution in [0.1, 0.15) is 44.7 Å². The fourth-order valence-electron chi connectivity index (χ4n) is 3.93. The predicted octanol–water partition coefficient (Wildman–Crippen LogP) is 6.71. The number of nitrogens with one attached hydrogen (secondary N) is 1. The number of ether oxygens (including phenoxy) is 1. The van der Waals surface area contributed by atoms with E-state index in [1.54, 1.807) is 23.1 Å². The van der Waals surface area contributed by atoms with Gasteiger partial charge in [-0.25, -0.2) is 0 Å². The molecule has 3 aromatic rings. The second-order valence-corrected chi connectivity index (χ2v) is 10.7. The Kier molecular flexibility index (Phi) is 10.4. The Morgan fingerprint density at radius 2 is 1.49 bits per heavy atom. The summed E-state index contributed by atoms with van der Waals surface area (Å²) in [6.45, 7) is 6.26. The fourth-order valence-corrected chi connectivity index (χ4v) is 4.45. The van der Waals surface area contributed by atoms with Crippen LogP contribution in [0, 0.1) is 0 Å². The normalized spacial score (nSPS) is 12.0. The van der Waals surface area contributed by atoms with Crippen LogP contribution in [0.4, 0.5) is 0 Å². The highest BCUT2D eigenvalue weighted by molar-refractivity contribution is 6.36. The lowest BCUT2D eigenvalue weighted by Crippen LogP contribution is -2.54. The molecule has 0 saturated carbocycles. The average Bonchev–Trinajstić information content (AvgIpc) is 2.85. The van der Waals surface area contributed by atoms with E-state index >= 15 is 0 Å². The van der Waals surface area contributed by atoms with Gasteiger partial charge in [0.2, 0.25) is 11.8 Å². The van der Waals surface area contributed by atoms with Gasteiger partial charge in [-0.3, -0.25) is 9.59 Å². The summed E-state index contributed by atoms with van der Waals surface area (Å²) in [6.07, 6.45) is 1.07. The van der Waals surface area contributed by atoms with Crippen molar-refractivity contribution in [3.8, 4) is 5.75 Å². The maximum Gasteiger partial charge on any atom is 0.243 e. The van der Waals surface area contributed by atoms with Crippen LogP contribution >= 0.6 is 23.2 Å². The van der Waals surface area contributed by atoms with Gasteiger partial charge in [0.15, 0.2) is 0 Å². The molecule has 0 aromatic heterocycles. The number of benzene rings is 3. The van der Waals surface area contributed by atoms with Gasteiger partial charge in [-0.05, 0) is 57.0 Å². The van der Waals surface area contributed by atoms with E-state index in [9.17, 15) is 9.59 Å². The summed E-state index contributed by atoms with van der Waals surface area (Å²) in [7, 11) is 0. The zero-order valence-electron chi connectivity index (χ0n) is 21.5. The van der Waals surface area contributed by atoms with Gasteiger partial charge in [0, 0.05) is 40.5 Å². The van der Waals surface area contributed by atoms with Gasteiger partial charge in [0.1, 0.15) is 11.8 Å². The quantitative estimate of drug-likeness (QED) is 0.275. The summed E-state index contributed by atoms with van der Waals surface area (Å²) in [5.74, 6) is 0.354. The highest BCUT2D eigenvalue weighted by Gasteiger charge is 2.32. The number of carbonyl (C=O) groups is 2. The molecule has 5 nitrogen and oxygen atoms in total. The van der Waals surface area contributed by atoms with E-state index in [2.05, 4.69) is 5.32 Å². The van der Waals surface area contributed by atoms with Crippen molar-refractivity contribution in [3.63, 3.8) is 0 Å².